The average molecular weight is 1010 g/mol. The SMILES string of the molecule is COc1ccc(O[C@@H]2O[C@H](COP(=O)(O)O)[C@@H](O)[C@H]2O)cc1.COc1ccc(O[C@@H]2O[C@H](COP(=O)(O)OP(=O)(O)OP(=O)(O)O)[C@@H](O)[C@H]2O)cc1.O=P(O)(O)OP(=O)(O)O. The number of aliphatic hydroxyl groups is 4. The van der Waals surface area contributed by atoms with Crippen LogP contribution in [0.4, 0.5) is 0 Å². The summed E-state index contributed by atoms with van der Waals surface area (Å²) in [7, 11) is -28.4. The van der Waals surface area contributed by atoms with Crippen LogP contribution in [-0.4, -0.2) is 146 Å². The van der Waals surface area contributed by atoms with Crippen LogP contribution < -0.4 is 18.9 Å². The van der Waals surface area contributed by atoms with Crippen molar-refractivity contribution >= 4 is 46.9 Å². The highest BCUT2D eigenvalue weighted by molar-refractivity contribution is 7.66. The first-order valence-electron chi connectivity index (χ1n) is 15.7. The van der Waals surface area contributed by atoms with Crippen molar-refractivity contribution in [2.45, 2.75) is 49.2 Å². The van der Waals surface area contributed by atoms with E-state index in [2.05, 4.69) is 22.0 Å². The van der Waals surface area contributed by atoms with E-state index in [4.69, 9.17) is 72.5 Å². The standard InChI is InChI=1S/C12H19O15P3.C12H17O9P.H4O7P2/c1-22-7-2-4-8(5-3-7)24-12-11(14)10(13)9(25-12)6-23-29(18,19)27-30(20,21)26-28(15,16)17;1-18-7-2-4-8(5-3-7)20-12-11(14)10(13)9(21-12)6-19-22(15,16)17;1-8(2,3)7-9(4,5)6/h2-5,9-14H,6H2,1H3,(H,18,19)(H,20,21)(H2,15,16,17);2-5,9-14H,6H2,1H3,(H2,15,16,17);(H2,1,2,3)(H2,4,5,6)/t2*9-,10-,11-,12-;/m11./s1. The van der Waals surface area contributed by atoms with Gasteiger partial charge in [-0.15, -0.1) is 0 Å². The number of hydrogen-bond acceptors (Lipinski definition) is 21. The molecule has 0 radical (unpaired) electrons. The number of methoxy groups -OCH3 is 2. The molecule has 4 rings (SSSR count). The molecule has 2 saturated heterocycles. The number of ether oxygens (including phenoxy) is 6. The molecule has 352 valence electrons. The van der Waals surface area contributed by atoms with E-state index in [1.54, 1.807) is 36.4 Å². The number of benzene rings is 2. The zero-order valence-electron chi connectivity index (χ0n) is 30.5. The summed E-state index contributed by atoms with van der Waals surface area (Å²) in [5.74, 6) is 1.76. The third-order valence-electron chi connectivity index (χ3n) is 6.70. The lowest BCUT2D eigenvalue weighted by Crippen LogP contribution is -2.35. The van der Waals surface area contributed by atoms with Crippen LogP contribution in [0.3, 0.4) is 0 Å². The van der Waals surface area contributed by atoms with Crippen molar-refractivity contribution in [1.29, 1.82) is 0 Å². The van der Waals surface area contributed by atoms with Crippen LogP contribution >= 0.6 is 46.9 Å². The number of rotatable bonds is 18. The van der Waals surface area contributed by atoms with Crippen LogP contribution in [0.2, 0.25) is 0 Å². The molecule has 2 aromatic rings. The number of phosphoric acid groups is 6. The molecular formula is C24H40O31P6. The number of phosphoric ester groups is 2. The predicted octanol–water partition coefficient (Wildman–Crippen LogP) is -1.32. The smallest absolute Gasteiger partial charge is 0.490 e. The number of hydrogen-bond donors (Lipinski definition) is 14. The van der Waals surface area contributed by atoms with Crippen LogP contribution in [0.5, 0.6) is 23.0 Å². The Morgan fingerprint density at radius 2 is 0.770 bits per heavy atom. The summed E-state index contributed by atoms with van der Waals surface area (Å²) in [6.45, 7) is -1.52. The minimum Gasteiger partial charge on any atom is -0.497 e. The molecule has 2 fully saturated rings. The van der Waals surface area contributed by atoms with E-state index in [-0.39, 0.29) is 5.75 Å². The first kappa shape index (κ1) is 55.3. The Labute approximate surface area is 342 Å². The van der Waals surface area contributed by atoms with Crippen molar-refractivity contribution in [1.82, 2.24) is 0 Å². The first-order chi connectivity index (χ1) is 27.7. The molecule has 2 aliphatic heterocycles. The molecule has 31 nitrogen and oxygen atoms in total. The summed E-state index contributed by atoms with van der Waals surface area (Å²) < 4.78 is 113. The summed E-state index contributed by atoms with van der Waals surface area (Å²) in [4.78, 5) is 83.7. The van der Waals surface area contributed by atoms with E-state index in [0.717, 1.165) is 0 Å². The Kier molecular flexibility index (Phi) is 20.7. The topological polar surface area (TPSA) is 487 Å². The van der Waals surface area contributed by atoms with Crippen molar-refractivity contribution in [3.05, 3.63) is 48.5 Å². The molecule has 37 heteroatoms. The van der Waals surface area contributed by atoms with Gasteiger partial charge in [-0.1, -0.05) is 0 Å². The Bertz CT molecular complexity index is 1940. The second-order valence-electron chi connectivity index (χ2n) is 11.4. The molecule has 0 bridgehead atoms. The maximum Gasteiger partial charge on any atom is 0.490 e. The van der Waals surface area contributed by atoms with Crippen molar-refractivity contribution < 1.29 is 147 Å². The molecule has 2 aliphatic rings. The molecule has 0 aliphatic carbocycles. The minimum absolute atomic E-state index is 0.237. The van der Waals surface area contributed by atoms with Crippen LogP contribution in [-0.2, 0) is 58.8 Å². The minimum atomic E-state index is -5.68. The third-order valence-corrected chi connectivity index (χ3v) is 12.7. The second kappa shape index (κ2) is 22.9. The molecule has 61 heavy (non-hydrogen) atoms. The van der Waals surface area contributed by atoms with Gasteiger partial charge in [0.2, 0.25) is 12.6 Å². The van der Waals surface area contributed by atoms with Gasteiger partial charge in [0.15, 0.2) is 0 Å². The predicted molar refractivity (Wildman–Crippen MR) is 192 cm³/mol. The van der Waals surface area contributed by atoms with Gasteiger partial charge in [-0.3, -0.25) is 9.05 Å². The van der Waals surface area contributed by atoms with Crippen molar-refractivity contribution in [2.24, 2.45) is 0 Å². The summed E-state index contributed by atoms with van der Waals surface area (Å²) in [6.07, 6.45) is -11.2. The highest BCUT2D eigenvalue weighted by atomic mass is 31.3. The summed E-state index contributed by atoms with van der Waals surface area (Å²) in [5, 5.41) is 39.6. The summed E-state index contributed by atoms with van der Waals surface area (Å²) in [5.41, 5.74) is 0. The largest absolute Gasteiger partial charge is 0.497 e. The zero-order valence-corrected chi connectivity index (χ0v) is 35.9. The zero-order chi connectivity index (χ0) is 46.8. The van der Waals surface area contributed by atoms with E-state index < -0.39 is 109 Å². The highest BCUT2D eigenvalue weighted by Gasteiger charge is 2.47. The highest BCUT2D eigenvalue weighted by Crippen LogP contribution is 2.66. The fourth-order valence-corrected chi connectivity index (χ4v) is 8.74. The molecule has 0 spiro atoms. The van der Waals surface area contributed by atoms with E-state index in [0.29, 0.717) is 17.2 Å². The van der Waals surface area contributed by atoms with E-state index in [1.807, 2.05) is 0 Å². The van der Waals surface area contributed by atoms with Crippen LogP contribution in [0.15, 0.2) is 48.5 Å². The maximum atomic E-state index is 11.7. The molecule has 0 saturated carbocycles. The molecule has 14 N–H and O–H groups in total. The van der Waals surface area contributed by atoms with Gasteiger partial charge in [-0.05, 0) is 48.5 Å². The normalized spacial score (nSPS) is 26.4. The quantitative estimate of drug-likeness (QED) is 0.0770. The third kappa shape index (κ3) is 21.6. The van der Waals surface area contributed by atoms with Gasteiger partial charge in [-0.2, -0.15) is 12.9 Å². The van der Waals surface area contributed by atoms with Crippen LogP contribution in [0.25, 0.3) is 0 Å². The van der Waals surface area contributed by atoms with Crippen molar-refractivity contribution in [3.8, 4) is 23.0 Å². The van der Waals surface area contributed by atoms with Gasteiger partial charge >= 0.3 is 46.9 Å². The fraction of sp³-hybridized carbons (Fsp3) is 0.500. The maximum absolute atomic E-state index is 11.7. The first-order valence-corrected chi connectivity index (χ1v) is 24.8. The Balaban J connectivity index is 0.000000360. The number of aliphatic hydroxyl groups excluding tert-OH is 4. The van der Waals surface area contributed by atoms with Crippen molar-refractivity contribution in [2.75, 3.05) is 27.4 Å². The van der Waals surface area contributed by atoms with Gasteiger partial charge in [-0.25, -0.2) is 27.4 Å². The molecule has 0 aromatic heterocycles. The Morgan fingerprint density at radius 1 is 0.443 bits per heavy atom. The second-order valence-corrected chi connectivity index (χ2v) is 19.6. The van der Waals surface area contributed by atoms with Gasteiger partial charge < -0.3 is 97.8 Å². The summed E-state index contributed by atoms with van der Waals surface area (Å²) in [6, 6.07) is 12.5. The molecule has 0 amide bonds. The van der Waals surface area contributed by atoms with Gasteiger partial charge in [0, 0.05) is 0 Å². The molecule has 10 atom stereocenters. The van der Waals surface area contributed by atoms with Gasteiger partial charge in [0.05, 0.1) is 27.4 Å². The Morgan fingerprint density at radius 3 is 1.07 bits per heavy atom. The summed E-state index contributed by atoms with van der Waals surface area (Å²) >= 11 is 0. The average Bonchev–Trinajstić information content (AvgIpc) is 3.52. The van der Waals surface area contributed by atoms with Crippen molar-refractivity contribution in [3.63, 3.8) is 0 Å². The van der Waals surface area contributed by atoms with Gasteiger partial charge in [0.1, 0.15) is 59.6 Å². The van der Waals surface area contributed by atoms with E-state index in [1.165, 1.54) is 26.4 Å². The lowest BCUT2D eigenvalue weighted by atomic mass is 10.1. The fourth-order valence-electron chi connectivity index (χ4n) is 4.26. The Hall–Kier alpha value is -1.82. The molecule has 2 aromatic carbocycles. The molecule has 2 heterocycles. The van der Waals surface area contributed by atoms with Gasteiger partial charge in [0.25, 0.3) is 0 Å². The monoisotopic (exact) mass is 1010 g/mol. The lowest BCUT2D eigenvalue weighted by molar-refractivity contribution is -0.115. The van der Waals surface area contributed by atoms with Crippen LogP contribution in [0.1, 0.15) is 0 Å². The van der Waals surface area contributed by atoms with E-state index in [9.17, 15) is 52.7 Å². The van der Waals surface area contributed by atoms with Crippen LogP contribution in [0, 0.1) is 0 Å². The van der Waals surface area contributed by atoms with E-state index >= 15 is 0 Å². The molecule has 2 unspecified atom stereocenters. The molecular weight excluding hydrogens is 970 g/mol. The lowest BCUT2D eigenvalue weighted by Gasteiger charge is -2.19.